The molecule has 0 spiro atoms. The number of nitrogens with one attached hydrogen (secondary N) is 1. The number of benzene rings is 1. The molecule has 1 N–H and O–H groups in total. The van der Waals surface area contributed by atoms with Gasteiger partial charge in [-0.2, -0.15) is 0 Å². The summed E-state index contributed by atoms with van der Waals surface area (Å²) < 4.78 is 34.1. The predicted molar refractivity (Wildman–Crippen MR) is 132 cm³/mol. The van der Waals surface area contributed by atoms with E-state index in [4.69, 9.17) is 4.74 Å². The number of anilines is 1. The molecule has 1 aliphatic heterocycles. The van der Waals surface area contributed by atoms with Crippen molar-refractivity contribution in [2.24, 2.45) is 0 Å². The number of fused-ring (bicyclic) bond motifs is 3. The normalized spacial score (nSPS) is 21.4. The van der Waals surface area contributed by atoms with Crippen LogP contribution in [0.25, 0.3) is 4.72 Å². The fourth-order valence-corrected chi connectivity index (χ4v) is 6.11. The summed E-state index contributed by atoms with van der Waals surface area (Å²) in [6.45, 7) is 7.60. The Labute approximate surface area is 230 Å². The summed E-state index contributed by atoms with van der Waals surface area (Å²) in [5.41, 5.74) is 4.30. The molecule has 0 unspecified atom stereocenters. The van der Waals surface area contributed by atoms with E-state index in [1.165, 1.54) is 27.7 Å². The number of rotatable bonds is 4. The van der Waals surface area contributed by atoms with E-state index >= 15 is 0 Å². The van der Waals surface area contributed by atoms with E-state index in [-0.39, 0.29) is 29.6 Å². The monoisotopic (exact) mass is 511 g/mol. The Bertz CT molecular complexity index is 1140. The molecule has 3 aliphatic rings. The van der Waals surface area contributed by atoms with Gasteiger partial charge in [0.1, 0.15) is 5.60 Å². The first-order valence-corrected chi connectivity index (χ1v) is 13.5. The maximum absolute atomic E-state index is 12.6. The smallest absolute Gasteiger partial charge is 0.444 e. The van der Waals surface area contributed by atoms with Crippen LogP contribution in [0.4, 0.5) is 15.3 Å². The van der Waals surface area contributed by atoms with E-state index in [1.807, 2.05) is 6.07 Å². The van der Waals surface area contributed by atoms with Crippen molar-refractivity contribution >= 4 is 27.8 Å². The Morgan fingerprint density at radius 3 is 2.46 bits per heavy atom. The molecule has 8 nitrogen and oxygen atoms in total. The largest absolute Gasteiger partial charge is 1.00 e. The van der Waals surface area contributed by atoms with Crippen molar-refractivity contribution in [1.29, 1.82) is 0 Å². The van der Waals surface area contributed by atoms with Crippen LogP contribution in [0.15, 0.2) is 17.6 Å². The summed E-state index contributed by atoms with van der Waals surface area (Å²) >= 11 is 0. The standard InChI is InChI=1S/C25H35N3O5S.Na/c1-24(2,3)33-23(30)28-14-7-12-25(28,4)13-15-34(31,32)27-22(29)26-21-16-17-8-5-9-18(17)19-10-6-11-20(19)21;/h13,15-16H,5-12,14H2,1-4H3,(H2,26,27,29);/q;+1/p-1/b15-13+;/t25-;/m1./s1. The van der Waals surface area contributed by atoms with Gasteiger partial charge in [0.15, 0.2) is 16.1 Å². The van der Waals surface area contributed by atoms with Crippen LogP contribution in [0.1, 0.15) is 75.6 Å². The van der Waals surface area contributed by atoms with Crippen molar-refractivity contribution < 1.29 is 52.3 Å². The number of hydrogen-bond acceptors (Lipinski definition) is 5. The molecule has 10 heteroatoms. The summed E-state index contributed by atoms with van der Waals surface area (Å²) in [7, 11) is -4.18. The third-order valence-corrected chi connectivity index (χ3v) is 7.73. The zero-order valence-corrected chi connectivity index (χ0v) is 24.3. The Hall–Kier alpha value is -1.55. The number of hydrogen-bond donors (Lipinski definition) is 1. The number of sulfonamides is 1. The van der Waals surface area contributed by atoms with Gasteiger partial charge in [0.2, 0.25) is 0 Å². The molecular formula is C25H34N3NaO5S. The Morgan fingerprint density at radius 1 is 1.09 bits per heavy atom. The van der Waals surface area contributed by atoms with E-state index in [0.717, 1.165) is 55.9 Å². The zero-order chi connectivity index (χ0) is 24.7. The molecular weight excluding hydrogens is 477 g/mol. The van der Waals surface area contributed by atoms with Crippen LogP contribution >= 0.6 is 0 Å². The quantitative estimate of drug-likeness (QED) is 0.624. The molecule has 1 fully saturated rings. The topological polar surface area (TPSA) is 107 Å². The van der Waals surface area contributed by atoms with Crippen molar-refractivity contribution in [3.8, 4) is 0 Å². The van der Waals surface area contributed by atoms with Crippen LogP contribution in [0.5, 0.6) is 0 Å². The molecule has 1 aromatic rings. The van der Waals surface area contributed by atoms with E-state index < -0.39 is 33.3 Å². The summed E-state index contributed by atoms with van der Waals surface area (Å²) in [6.07, 6.45) is 8.35. The third kappa shape index (κ3) is 6.42. The molecule has 1 saturated heterocycles. The van der Waals surface area contributed by atoms with E-state index in [2.05, 4.69) is 10.0 Å². The van der Waals surface area contributed by atoms with Crippen LogP contribution in [0.2, 0.25) is 0 Å². The molecule has 0 aromatic heterocycles. The van der Waals surface area contributed by atoms with E-state index in [9.17, 15) is 18.0 Å². The summed E-state index contributed by atoms with van der Waals surface area (Å²) in [5.74, 6) is 0. The Morgan fingerprint density at radius 2 is 1.74 bits per heavy atom. The number of ether oxygens (including phenoxy) is 1. The van der Waals surface area contributed by atoms with Crippen molar-refractivity contribution in [1.82, 2.24) is 4.90 Å². The molecule has 0 saturated carbocycles. The van der Waals surface area contributed by atoms with Crippen LogP contribution in [-0.4, -0.2) is 43.1 Å². The van der Waals surface area contributed by atoms with Crippen LogP contribution < -0.4 is 34.9 Å². The molecule has 2 aliphatic carbocycles. The fourth-order valence-electron chi connectivity index (χ4n) is 5.31. The summed E-state index contributed by atoms with van der Waals surface area (Å²) in [5, 5.41) is 3.63. The average Bonchev–Trinajstić information content (AvgIpc) is 3.43. The van der Waals surface area contributed by atoms with Gasteiger partial charge in [0, 0.05) is 12.0 Å². The average molecular weight is 512 g/mol. The molecule has 0 radical (unpaired) electrons. The van der Waals surface area contributed by atoms with Crippen molar-refractivity contribution in [2.75, 3.05) is 11.9 Å². The maximum Gasteiger partial charge on any atom is 1.00 e. The SMILES string of the molecule is CC(C)(C)OC(=O)N1CCC[C@]1(C)/C=C/S(=O)(=O)[N-]C(=O)Nc1cc2c(c3c1CCC3)CCC2.[Na+]. The molecule has 1 aromatic carbocycles. The second kappa shape index (κ2) is 10.4. The van der Waals surface area contributed by atoms with Gasteiger partial charge in [-0.05, 0) is 113 Å². The molecule has 4 rings (SSSR count). The van der Waals surface area contributed by atoms with Gasteiger partial charge >= 0.3 is 35.7 Å². The first kappa shape index (κ1) is 28.0. The number of urea groups is 1. The van der Waals surface area contributed by atoms with Crippen LogP contribution in [0, 0.1) is 0 Å². The number of carbonyl (C=O) groups is 2. The number of nitrogens with zero attached hydrogens (tertiary/aromatic N) is 2. The van der Waals surface area contributed by atoms with Crippen LogP contribution in [0.3, 0.4) is 0 Å². The van der Waals surface area contributed by atoms with Gasteiger partial charge in [-0.3, -0.25) is 9.69 Å². The number of likely N-dealkylation sites (tertiary alicyclic amines) is 1. The first-order valence-electron chi connectivity index (χ1n) is 12.0. The fraction of sp³-hybridized carbons (Fsp3) is 0.600. The first-order chi connectivity index (χ1) is 15.9. The second-order valence-corrected chi connectivity index (χ2v) is 12.1. The van der Waals surface area contributed by atoms with Gasteiger partial charge in [-0.15, -0.1) is 0 Å². The Balaban J connectivity index is 0.00000342. The summed E-state index contributed by atoms with van der Waals surface area (Å²) in [6, 6.07) is 1.08. The van der Waals surface area contributed by atoms with Gasteiger partial charge in [0.25, 0.3) is 0 Å². The van der Waals surface area contributed by atoms with Gasteiger partial charge < -0.3 is 14.8 Å². The maximum atomic E-state index is 12.6. The zero-order valence-electron chi connectivity index (χ0n) is 21.4. The third-order valence-electron chi connectivity index (χ3n) is 6.83. The van der Waals surface area contributed by atoms with Crippen LogP contribution in [-0.2, 0) is 40.4 Å². The van der Waals surface area contributed by atoms with Crippen molar-refractivity contribution in [2.45, 2.75) is 90.2 Å². The Kier molecular flexibility index (Phi) is 8.36. The van der Waals surface area contributed by atoms with E-state index in [1.54, 1.807) is 27.7 Å². The predicted octanol–water partition coefficient (Wildman–Crippen LogP) is 2.21. The van der Waals surface area contributed by atoms with Gasteiger partial charge in [-0.1, -0.05) is 6.07 Å². The molecule has 1 atom stereocenters. The van der Waals surface area contributed by atoms with Gasteiger partial charge in [-0.25, -0.2) is 13.2 Å². The summed E-state index contributed by atoms with van der Waals surface area (Å²) in [4.78, 5) is 26.7. The number of carbonyl (C=O) groups excluding carboxylic acids is 2. The van der Waals surface area contributed by atoms with Crippen molar-refractivity contribution in [3.05, 3.63) is 44.5 Å². The minimum atomic E-state index is -4.18. The molecule has 35 heavy (non-hydrogen) atoms. The van der Waals surface area contributed by atoms with E-state index in [0.29, 0.717) is 18.7 Å². The van der Waals surface area contributed by atoms with Crippen molar-refractivity contribution in [3.63, 3.8) is 0 Å². The second-order valence-electron chi connectivity index (χ2n) is 10.7. The minimum Gasteiger partial charge on any atom is -0.444 e. The van der Waals surface area contributed by atoms with Gasteiger partial charge in [0.05, 0.1) is 5.54 Å². The molecule has 0 bridgehead atoms. The minimum absolute atomic E-state index is 0. The molecule has 186 valence electrons. The number of amides is 3. The molecule has 1 heterocycles. The number of aryl methyl sites for hydroxylation is 1. The molecule has 3 amide bonds.